The van der Waals surface area contributed by atoms with Crippen molar-refractivity contribution in [3.8, 4) is 5.75 Å². The summed E-state index contributed by atoms with van der Waals surface area (Å²) < 4.78 is 10.4. The van der Waals surface area contributed by atoms with Gasteiger partial charge in [0.25, 0.3) is 5.91 Å². The maximum absolute atomic E-state index is 11.9. The van der Waals surface area contributed by atoms with Crippen LogP contribution in [-0.2, 0) is 32.0 Å². The first kappa shape index (κ1) is 18.2. The molecule has 26 heavy (non-hydrogen) atoms. The second-order valence-corrected chi connectivity index (χ2v) is 6.83. The number of rotatable bonds is 8. The Bertz CT molecular complexity index is 699. The highest BCUT2D eigenvalue weighted by Gasteiger charge is 2.24. The molecular weight excluding hydrogens is 336 g/mol. The van der Waals surface area contributed by atoms with Crippen molar-refractivity contribution in [2.75, 3.05) is 26.8 Å². The molecule has 1 fully saturated rings. The first-order chi connectivity index (χ1) is 12.5. The fourth-order valence-corrected chi connectivity index (χ4v) is 2.88. The number of benzene rings is 1. The van der Waals surface area contributed by atoms with Gasteiger partial charge >= 0.3 is 5.97 Å². The van der Waals surface area contributed by atoms with Crippen molar-refractivity contribution < 1.29 is 23.9 Å². The Morgan fingerprint density at radius 3 is 2.69 bits per heavy atom. The quantitative estimate of drug-likeness (QED) is 0.694. The lowest BCUT2D eigenvalue weighted by Crippen LogP contribution is -2.40. The van der Waals surface area contributed by atoms with Crippen LogP contribution in [0, 0.1) is 0 Å². The normalized spacial score (nSPS) is 15.1. The van der Waals surface area contributed by atoms with Gasteiger partial charge in [-0.1, -0.05) is 6.07 Å². The molecule has 1 aromatic carbocycles. The number of carbonyl (C=O) groups is 3. The number of nitrogens with one attached hydrogen (secondary N) is 1. The predicted octanol–water partition coefficient (Wildman–Crippen LogP) is 0.834. The van der Waals surface area contributed by atoms with E-state index in [9.17, 15) is 14.4 Å². The third-order valence-corrected chi connectivity index (χ3v) is 4.53. The van der Waals surface area contributed by atoms with Gasteiger partial charge in [0.05, 0.1) is 6.54 Å². The summed E-state index contributed by atoms with van der Waals surface area (Å²) in [7, 11) is 1.50. The Hall–Kier alpha value is -2.57. The van der Waals surface area contributed by atoms with Crippen LogP contribution in [0.2, 0.25) is 0 Å². The number of amides is 2. The van der Waals surface area contributed by atoms with Gasteiger partial charge in [0.2, 0.25) is 5.91 Å². The average Bonchev–Trinajstić information content (AvgIpc) is 3.30. The fraction of sp³-hybridized carbons (Fsp3) is 0.526. The number of hydrogen-bond acceptors (Lipinski definition) is 5. The number of fused-ring (bicyclic) bond motifs is 1. The second-order valence-electron chi connectivity index (χ2n) is 6.83. The van der Waals surface area contributed by atoms with E-state index in [1.807, 2.05) is 18.2 Å². The summed E-state index contributed by atoms with van der Waals surface area (Å²) in [4.78, 5) is 36.6. The maximum Gasteiger partial charge on any atom is 0.344 e. The first-order valence-electron chi connectivity index (χ1n) is 8.95. The van der Waals surface area contributed by atoms with Crippen molar-refractivity contribution >= 4 is 17.8 Å². The molecule has 2 aliphatic carbocycles. The van der Waals surface area contributed by atoms with Crippen molar-refractivity contribution in [1.29, 1.82) is 0 Å². The maximum atomic E-state index is 11.9. The monoisotopic (exact) mass is 360 g/mol. The topological polar surface area (TPSA) is 84.9 Å². The van der Waals surface area contributed by atoms with Crippen LogP contribution >= 0.6 is 0 Å². The molecule has 0 radical (unpaired) electrons. The van der Waals surface area contributed by atoms with Gasteiger partial charge in [-0.25, -0.2) is 4.79 Å². The number of nitrogens with zero attached hydrogens (tertiary/aromatic N) is 1. The minimum atomic E-state index is -0.616. The van der Waals surface area contributed by atoms with E-state index in [1.54, 1.807) is 0 Å². The van der Waals surface area contributed by atoms with Crippen molar-refractivity contribution in [2.45, 2.75) is 38.1 Å². The van der Waals surface area contributed by atoms with Gasteiger partial charge in [-0.05, 0) is 55.4 Å². The minimum Gasteiger partial charge on any atom is -0.482 e. The number of carbonyl (C=O) groups excluding carboxylic acids is 3. The highest BCUT2D eigenvalue weighted by molar-refractivity contribution is 5.86. The van der Waals surface area contributed by atoms with E-state index in [2.05, 4.69) is 5.32 Å². The Labute approximate surface area is 152 Å². The molecule has 0 atom stereocenters. The molecule has 0 bridgehead atoms. The molecule has 0 saturated heterocycles. The third-order valence-electron chi connectivity index (χ3n) is 4.53. The van der Waals surface area contributed by atoms with Gasteiger partial charge < -0.3 is 19.7 Å². The molecule has 2 amide bonds. The summed E-state index contributed by atoms with van der Waals surface area (Å²) in [5, 5.41) is 2.80. The summed E-state index contributed by atoms with van der Waals surface area (Å²) in [5.74, 6) is -0.617. The molecule has 7 heteroatoms. The molecule has 1 saturated carbocycles. The Morgan fingerprint density at radius 2 is 1.92 bits per heavy atom. The molecule has 0 heterocycles. The zero-order valence-corrected chi connectivity index (χ0v) is 15.0. The fourth-order valence-electron chi connectivity index (χ4n) is 2.88. The summed E-state index contributed by atoms with van der Waals surface area (Å²) in [6, 6.07) is 6.07. The average molecular weight is 360 g/mol. The molecule has 1 aromatic rings. The number of esters is 1. The second kappa shape index (κ2) is 8.21. The van der Waals surface area contributed by atoms with E-state index in [0.29, 0.717) is 5.75 Å². The number of ether oxygens (including phenoxy) is 2. The van der Waals surface area contributed by atoms with Crippen LogP contribution in [0.25, 0.3) is 0 Å². The van der Waals surface area contributed by atoms with E-state index in [4.69, 9.17) is 9.47 Å². The largest absolute Gasteiger partial charge is 0.482 e. The predicted molar refractivity (Wildman–Crippen MR) is 93.7 cm³/mol. The molecule has 2 aliphatic rings. The SMILES string of the molecule is CN(CC(=O)NC1CC1)C(=O)COC(=O)COc1ccc2c(c1)CCC2. The molecule has 7 nitrogen and oxygen atoms in total. The Balaban J connectivity index is 1.35. The van der Waals surface area contributed by atoms with Gasteiger partial charge in [-0.2, -0.15) is 0 Å². The van der Waals surface area contributed by atoms with Crippen molar-refractivity contribution in [3.63, 3.8) is 0 Å². The summed E-state index contributed by atoms with van der Waals surface area (Å²) in [5.41, 5.74) is 2.59. The van der Waals surface area contributed by atoms with Gasteiger partial charge in [0, 0.05) is 13.1 Å². The van der Waals surface area contributed by atoms with Gasteiger partial charge in [-0.3, -0.25) is 9.59 Å². The lowest BCUT2D eigenvalue weighted by atomic mass is 10.1. The van der Waals surface area contributed by atoms with Crippen LogP contribution < -0.4 is 10.1 Å². The van der Waals surface area contributed by atoms with Crippen LogP contribution in [-0.4, -0.2) is 55.5 Å². The molecule has 140 valence electrons. The molecule has 3 rings (SSSR count). The molecular formula is C19H24N2O5. The summed E-state index contributed by atoms with van der Waals surface area (Å²) in [6.45, 7) is -0.698. The van der Waals surface area contributed by atoms with Crippen LogP contribution in [0.1, 0.15) is 30.4 Å². The van der Waals surface area contributed by atoms with E-state index >= 15 is 0 Å². The lowest BCUT2D eigenvalue weighted by Gasteiger charge is -2.16. The number of likely N-dealkylation sites (N-methyl/N-ethyl adjacent to an activating group) is 1. The lowest BCUT2D eigenvalue weighted by molar-refractivity contribution is -0.153. The van der Waals surface area contributed by atoms with Gasteiger partial charge in [0.15, 0.2) is 13.2 Å². The molecule has 0 aromatic heterocycles. The van der Waals surface area contributed by atoms with Crippen LogP contribution in [0.4, 0.5) is 0 Å². The molecule has 0 aliphatic heterocycles. The van der Waals surface area contributed by atoms with E-state index in [1.165, 1.54) is 23.1 Å². The van der Waals surface area contributed by atoms with Gasteiger partial charge in [-0.15, -0.1) is 0 Å². The molecule has 0 spiro atoms. The smallest absolute Gasteiger partial charge is 0.344 e. The Kier molecular flexibility index (Phi) is 5.75. The van der Waals surface area contributed by atoms with E-state index < -0.39 is 18.5 Å². The van der Waals surface area contributed by atoms with Crippen molar-refractivity contribution in [3.05, 3.63) is 29.3 Å². The standard InChI is InChI=1S/C19H24N2O5/c1-21(10-17(22)20-15-6-7-15)18(23)11-26-19(24)12-25-16-8-5-13-3-2-4-14(13)9-16/h5,8-9,15H,2-4,6-7,10-12H2,1H3,(H,20,22). The van der Waals surface area contributed by atoms with Crippen LogP contribution in [0.15, 0.2) is 18.2 Å². The number of aryl methyl sites for hydroxylation is 2. The van der Waals surface area contributed by atoms with Gasteiger partial charge in [0.1, 0.15) is 5.75 Å². The van der Waals surface area contributed by atoms with Crippen LogP contribution in [0.3, 0.4) is 0 Å². The first-order valence-corrected chi connectivity index (χ1v) is 8.95. The van der Waals surface area contributed by atoms with E-state index in [-0.39, 0.29) is 25.1 Å². The summed E-state index contributed by atoms with van der Waals surface area (Å²) >= 11 is 0. The van der Waals surface area contributed by atoms with Crippen molar-refractivity contribution in [1.82, 2.24) is 10.2 Å². The van der Waals surface area contributed by atoms with Crippen molar-refractivity contribution in [2.24, 2.45) is 0 Å². The highest BCUT2D eigenvalue weighted by Crippen LogP contribution is 2.25. The number of hydrogen-bond donors (Lipinski definition) is 1. The zero-order valence-electron chi connectivity index (χ0n) is 15.0. The Morgan fingerprint density at radius 1 is 1.15 bits per heavy atom. The summed E-state index contributed by atoms with van der Waals surface area (Å²) in [6.07, 6.45) is 5.25. The van der Waals surface area contributed by atoms with Crippen LogP contribution in [0.5, 0.6) is 5.75 Å². The zero-order chi connectivity index (χ0) is 18.5. The van der Waals surface area contributed by atoms with E-state index in [0.717, 1.165) is 32.1 Å². The third kappa shape index (κ3) is 5.21. The minimum absolute atomic E-state index is 0.0431. The highest BCUT2D eigenvalue weighted by atomic mass is 16.6. The molecule has 0 unspecified atom stereocenters. The molecule has 1 N–H and O–H groups in total.